The van der Waals surface area contributed by atoms with Crippen molar-refractivity contribution in [2.24, 2.45) is 0 Å². The van der Waals surface area contributed by atoms with Gasteiger partial charge in [0.2, 0.25) is 33.7 Å². The van der Waals surface area contributed by atoms with Crippen molar-refractivity contribution in [2.45, 2.75) is 63.3 Å². The van der Waals surface area contributed by atoms with Crippen LogP contribution >= 0.6 is 0 Å². The second kappa shape index (κ2) is 42.4. The molecule has 0 aliphatic carbocycles. The fourth-order valence-electron chi connectivity index (χ4n) is 10.1. The number of pyridine rings is 1. The maximum Gasteiger partial charge on any atom is 0.323 e. The number of nitrogens with zero attached hydrogens (tertiary/aromatic N) is 5. The van der Waals surface area contributed by atoms with Crippen LogP contribution in [0.15, 0.2) is 53.4 Å². The number of carboxylic acid groups (broad SMARTS) is 4. The van der Waals surface area contributed by atoms with Gasteiger partial charge in [-0.25, -0.2) is 13.4 Å². The average Bonchev–Trinajstić information content (AvgIpc) is 0.798. The van der Waals surface area contributed by atoms with Crippen LogP contribution in [0.1, 0.15) is 57.6 Å². The Bertz CT molecular complexity index is 3050. The van der Waals surface area contributed by atoms with Crippen LogP contribution in [0.2, 0.25) is 0 Å². The summed E-state index contributed by atoms with van der Waals surface area (Å²) in [6, 6.07) is 12.3. The van der Waals surface area contributed by atoms with Crippen LogP contribution in [0.5, 0.6) is 5.75 Å². The van der Waals surface area contributed by atoms with Crippen LogP contribution in [0.3, 0.4) is 0 Å². The Morgan fingerprint density at radius 2 is 1.06 bits per heavy atom. The molecule has 5 rings (SSSR count). The van der Waals surface area contributed by atoms with Gasteiger partial charge in [-0.05, 0) is 98.5 Å². The third-order valence-electron chi connectivity index (χ3n) is 14.9. The van der Waals surface area contributed by atoms with Crippen LogP contribution in [-0.4, -0.2) is 290 Å². The zero-order valence-electron chi connectivity index (χ0n) is 54.0. The quantitative estimate of drug-likeness (QED) is 0.0278. The molecule has 0 bridgehead atoms. The van der Waals surface area contributed by atoms with Crippen molar-refractivity contribution in [3.8, 4) is 5.75 Å². The number of nitrogens with one attached hydrogen (secondary N) is 7. The van der Waals surface area contributed by atoms with Gasteiger partial charge >= 0.3 is 23.9 Å². The number of aliphatic carboxylic acids is 4. The minimum Gasteiger partial charge on any atom is -0.494 e. The van der Waals surface area contributed by atoms with E-state index in [1.165, 1.54) is 17.7 Å². The number of aryl methyl sites for hydroxylation is 5. The summed E-state index contributed by atoms with van der Waals surface area (Å²) in [6.07, 6.45) is 3.91. The molecule has 95 heavy (non-hydrogen) atoms. The Labute approximate surface area is 552 Å². The Morgan fingerprint density at radius 1 is 0.568 bits per heavy atom. The topological polar surface area (TPSA) is 425 Å². The van der Waals surface area contributed by atoms with Crippen LogP contribution < -0.4 is 41.4 Å². The fourth-order valence-corrected chi connectivity index (χ4v) is 11.7. The van der Waals surface area contributed by atoms with Gasteiger partial charge in [-0.2, -0.15) is 4.72 Å². The smallest absolute Gasteiger partial charge is 0.323 e. The van der Waals surface area contributed by atoms with Crippen LogP contribution in [0.4, 0.5) is 5.82 Å². The molecule has 0 spiro atoms. The highest BCUT2D eigenvalue weighted by molar-refractivity contribution is 7.89. The third-order valence-corrected chi connectivity index (χ3v) is 16.7. The third kappa shape index (κ3) is 31.4. The summed E-state index contributed by atoms with van der Waals surface area (Å²) < 4.78 is 56.7. The molecule has 1 aromatic heterocycles. The fraction of sp³-hybridized carbons (Fsp3) is 0.581. The van der Waals surface area contributed by atoms with Gasteiger partial charge in [0.05, 0.1) is 77.3 Å². The maximum absolute atomic E-state index is 13.6. The number of rotatable bonds is 42. The van der Waals surface area contributed by atoms with Crippen molar-refractivity contribution in [1.82, 2.24) is 55.9 Å². The Balaban J connectivity index is 0.835. The minimum atomic E-state index is -4.39. The van der Waals surface area contributed by atoms with E-state index in [-0.39, 0.29) is 197 Å². The van der Waals surface area contributed by atoms with Gasteiger partial charge < -0.3 is 76.0 Å². The standard InChI is InChI=1S/C62H92N12O20S/c1-44-35-50(36-45(2)59(44)95(88,89)70-51(62(86)87)37-68-61(85)48-10-7-46(8-11-48)9-13-49-14-12-47-5-3-15-67-60(47)69-49)94-28-4-6-52(75)63-16-17-64-54(77)42-92-33-32-91-30-19-66-55(78)43-93-34-31-90-29-18-65-53(76)38-71-20-22-72(39-56(79)80)24-26-74(41-58(83)84)27-25-73(23-21-71)40-57(81)82/h7-8,10-12,14,35-36,51,70H,3-6,9,13,15-34,37-43H2,1-2H3,(H,63,75)(H,64,77)(H,65,76)(H,66,78)(H,67,69)(H,68,85)(H,79,80)(H,81,82)(H,83,84)(H,86,87)/t51-/m0/s1. The molecule has 0 radical (unpaired) electrons. The number of sulfonamides is 1. The molecule has 3 aromatic rings. The first-order valence-corrected chi connectivity index (χ1v) is 33.0. The summed E-state index contributed by atoms with van der Waals surface area (Å²) in [5.74, 6) is -5.31. The van der Waals surface area contributed by atoms with Gasteiger partial charge in [0.1, 0.15) is 30.8 Å². The summed E-state index contributed by atoms with van der Waals surface area (Å²) in [7, 11) is -4.39. The lowest BCUT2D eigenvalue weighted by molar-refractivity contribution is -0.140. The van der Waals surface area contributed by atoms with Crippen LogP contribution in [0, 0.1) is 13.8 Å². The summed E-state index contributed by atoms with van der Waals surface area (Å²) in [5, 5.41) is 54.8. The lowest BCUT2D eigenvalue weighted by Gasteiger charge is -2.32. The highest BCUT2D eigenvalue weighted by atomic mass is 32.2. The van der Waals surface area contributed by atoms with E-state index >= 15 is 0 Å². The van der Waals surface area contributed by atoms with E-state index in [0.717, 1.165) is 36.5 Å². The SMILES string of the molecule is Cc1cc(OCCCC(=O)NCCNC(=O)COCCOCCNC(=O)COCCOCCNC(=O)CN2CCN(CC(=O)O)CCN(CC(=O)O)CCN(CC(=O)O)CC2)cc(C)c1S(=O)(=O)N[C@@H](CNC(=O)c1ccc(CCc2ccc3c(n2)NCCC3)cc1)C(=O)O. The number of ether oxygens (including phenoxy) is 5. The zero-order chi connectivity index (χ0) is 69.0. The molecule has 1 saturated heterocycles. The van der Waals surface area contributed by atoms with E-state index < -0.39 is 58.3 Å². The van der Waals surface area contributed by atoms with Gasteiger partial charge in [0, 0.05) is 109 Å². The van der Waals surface area contributed by atoms with Gasteiger partial charge in [0.25, 0.3) is 5.91 Å². The van der Waals surface area contributed by atoms with E-state index in [0.29, 0.717) is 38.1 Å². The number of benzene rings is 2. The summed E-state index contributed by atoms with van der Waals surface area (Å²) in [5.41, 5.74) is 4.01. The normalized spacial score (nSPS) is 14.8. The lowest BCUT2D eigenvalue weighted by atomic mass is 10.0. The first-order chi connectivity index (χ1) is 45.5. The molecule has 2 aliphatic rings. The van der Waals surface area contributed by atoms with Crippen LogP contribution in [0.25, 0.3) is 0 Å². The highest BCUT2D eigenvalue weighted by Gasteiger charge is 2.29. The number of aromatic nitrogens is 1. The first kappa shape index (κ1) is 77.7. The van der Waals surface area contributed by atoms with E-state index in [9.17, 15) is 72.0 Å². The molecule has 5 amide bonds. The van der Waals surface area contributed by atoms with Crippen molar-refractivity contribution in [3.05, 3.63) is 82.0 Å². The molecule has 0 unspecified atom stereocenters. The second-order valence-electron chi connectivity index (χ2n) is 22.6. The maximum atomic E-state index is 13.6. The van der Waals surface area contributed by atoms with Crippen LogP contribution in [-0.2, 0) is 86.6 Å². The molecule has 2 aliphatic heterocycles. The number of carboxylic acids is 4. The van der Waals surface area contributed by atoms with Gasteiger partial charge in [-0.1, -0.05) is 18.2 Å². The zero-order valence-corrected chi connectivity index (χ0v) is 54.8. The minimum absolute atomic E-state index is 0.0360. The Morgan fingerprint density at radius 3 is 1.59 bits per heavy atom. The van der Waals surface area contributed by atoms with Crippen molar-refractivity contribution in [2.75, 3.05) is 183 Å². The largest absolute Gasteiger partial charge is 0.494 e. The molecule has 3 heterocycles. The van der Waals surface area contributed by atoms with Gasteiger partial charge in [-0.15, -0.1) is 0 Å². The van der Waals surface area contributed by atoms with Crippen molar-refractivity contribution in [1.29, 1.82) is 0 Å². The lowest BCUT2D eigenvalue weighted by Crippen LogP contribution is -2.50. The molecule has 1 fully saturated rings. The number of hydrogen-bond acceptors (Lipinski definition) is 22. The average molecular weight is 1360 g/mol. The first-order valence-electron chi connectivity index (χ1n) is 31.5. The number of carbonyl (C=O) groups is 9. The molecular weight excluding hydrogens is 1260 g/mol. The molecule has 32 nitrogen and oxygen atoms in total. The number of fused-ring (bicyclic) bond motifs is 1. The molecular formula is C62H92N12O20S. The summed E-state index contributed by atoms with van der Waals surface area (Å²) in [4.78, 5) is 121. The van der Waals surface area contributed by atoms with E-state index in [1.807, 2.05) is 23.1 Å². The number of amides is 5. The van der Waals surface area contributed by atoms with Crippen molar-refractivity contribution < 1.29 is 95.7 Å². The monoisotopic (exact) mass is 1360 g/mol. The summed E-state index contributed by atoms with van der Waals surface area (Å²) in [6.45, 7) is 6.00. The molecule has 33 heteroatoms. The van der Waals surface area contributed by atoms with Crippen molar-refractivity contribution >= 4 is 69.3 Å². The Kier molecular flexibility index (Phi) is 34.7. The van der Waals surface area contributed by atoms with Crippen molar-refractivity contribution in [3.63, 3.8) is 0 Å². The molecule has 11 N–H and O–H groups in total. The van der Waals surface area contributed by atoms with E-state index in [4.69, 9.17) is 28.7 Å². The van der Waals surface area contributed by atoms with E-state index in [1.54, 1.807) is 40.7 Å². The van der Waals surface area contributed by atoms with Gasteiger partial charge in [-0.3, -0.25) is 62.8 Å². The second-order valence-corrected chi connectivity index (χ2v) is 24.3. The molecule has 2 aromatic carbocycles. The number of hydrogen-bond donors (Lipinski definition) is 11. The predicted molar refractivity (Wildman–Crippen MR) is 344 cm³/mol. The predicted octanol–water partition coefficient (Wildman–Crippen LogP) is -1.83. The molecule has 0 saturated carbocycles. The Hall–Kier alpha value is -7.99. The number of carbonyl (C=O) groups excluding carboxylic acids is 5. The highest BCUT2D eigenvalue weighted by Crippen LogP contribution is 2.27. The van der Waals surface area contributed by atoms with Gasteiger partial charge in [0.15, 0.2) is 0 Å². The van der Waals surface area contributed by atoms with E-state index in [2.05, 4.69) is 42.7 Å². The summed E-state index contributed by atoms with van der Waals surface area (Å²) >= 11 is 0. The molecule has 526 valence electrons. The molecule has 1 atom stereocenters. The number of anilines is 1.